The number of ether oxygens (including phenoxy) is 1. The topological polar surface area (TPSA) is 46.6 Å². The molecular weight excluding hydrogens is 334 g/mol. The predicted molar refractivity (Wildman–Crippen MR) is 93.6 cm³/mol. The van der Waals surface area contributed by atoms with E-state index in [-0.39, 0.29) is 17.8 Å². The van der Waals surface area contributed by atoms with Gasteiger partial charge in [-0.25, -0.2) is 0 Å². The van der Waals surface area contributed by atoms with Crippen LogP contribution in [0, 0.1) is 5.92 Å². The van der Waals surface area contributed by atoms with Crippen molar-refractivity contribution in [2.24, 2.45) is 5.92 Å². The number of carbonyl (C=O) groups excluding carboxylic acids is 2. The lowest BCUT2D eigenvalue weighted by atomic mass is 9.97. The molecule has 4 nitrogen and oxygen atoms in total. The van der Waals surface area contributed by atoms with Gasteiger partial charge in [0.05, 0.1) is 18.3 Å². The van der Waals surface area contributed by atoms with Crippen molar-refractivity contribution < 1.29 is 14.3 Å². The van der Waals surface area contributed by atoms with Gasteiger partial charge in [0, 0.05) is 23.9 Å². The molecule has 1 saturated heterocycles. The number of hydrogen-bond acceptors (Lipinski definition) is 4. The number of nitrogens with zero attached hydrogens (tertiary/aromatic N) is 1. The van der Waals surface area contributed by atoms with E-state index in [0.29, 0.717) is 38.3 Å². The Morgan fingerprint density at radius 2 is 2.09 bits per heavy atom. The number of thioether (sulfide) groups is 1. The van der Waals surface area contributed by atoms with Crippen molar-refractivity contribution in [1.82, 2.24) is 4.90 Å². The monoisotopic (exact) mass is 355 g/mol. The number of carbonyl (C=O) groups is 2. The highest BCUT2D eigenvalue weighted by molar-refractivity contribution is 7.99. The van der Waals surface area contributed by atoms with Crippen LogP contribution >= 0.6 is 23.4 Å². The standard InChI is InChI=1S/C17H22ClNO3S/c1-2-22-17(21)14-6-8-19(9-7-14)16(20)12-23-11-13-4-3-5-15(18)10-13/h3-5,10,14H,2,6-9,11-12H2,1H3. The van der Waals surface area contributed by atoms with Crippen LogP contribution < -0.4 is 0 Å². The van der Waals surface area contributed by atoms with Crippen molar-refractivity contribution >= 4 is 35.2 Å². The van der Waals surface area contributed by atoms with Crippen molar-refractivity contribution in [3.8, 4) is 0 Å². The molecule has 1 aliphatic rings. The fraction of sp³-hybridized carbons (Fsp3) is 0.529. The fourth-order valence-electron chi connectivity index (χ4n) is 2.60. The van der Waals surface area contributed by atoms with Crippen LogP contribution in [0.1, 0.15) is 25.3 Å². The number of rotatable bonds is 6. The molecule has 1 heterocycles. The first kappa shape index (κ1) is 18.1. The first-order valence-electron chi connectivity index (χ1n) is 7.86. The van der Waals surface area contributed by atoms with Crippen LogP contribution in [0.25, 0.3) is 0 Å². The molecule has 0 unspecified atom stereocenters. The summed E-state index contributed by atoms with van der Waals surface area (Å²) in [7, 11) is 0. The SMILES string of the molecule is CCOC(=O)C1CCN(C(=O)CSCc2cccc(Cl)c2)CC1. The average Bonchev–Trinajstić information content (AvgIpc) is 2.55. The van der Waals surface area contributed by atoms with Crippen LogP contribution in [0.2, 0.25) is 5.02 Å². The lowest BCUT2D eigenvalue weighted by molar-refractivity contribution is -0.151. The van der Waals surface area contributed by atoms with Gasteiger partial charge in [-0.05, 0) is 37.5 Å². The number of amides is 1. The summed E-state index contributed by atoms with van der Waals surface area (Å²) in [4.78, 5) is 25.8. The highest BCUT2D eigenvalue weighted by atomic mass is 35.5. The van der Waals surface area contributed by atoms with Crippen molar-refractivity contribution in [3.63, 3.8) is 0 Å². The Morgan fingerprint density at radius 1 is 1.35 bits per heavy atom. The van der Waals surface area contributed by atoms with Crippen molar-refractivity contribution in [2.75, 3.05) is 25.4 Å². The Hall–Kier alpha value is -1.20. The molecule has 1 aromatic carbocycles. The number of esters is 1. The first-order chi connectivity index (χ1) is 11.1. The quantitative estimate of drug-likeness (QED) is 0.734. The summed E-state index contributed by atoms with van der Waals surface area (Å²) in [5, 5.41) is 0.718. The lowest BCUT2D eigenvalue weighted by Gasteiger charge is -2.30. The molecule has 0 bridgehead atoms. The van der Waals surface area contributed by atoms with Crippen LogP contribution in [0.3, 0.4) is 0 Å². The number of likely N-dealkylation sites (tertiary alicyclic amines) is 1. The van der Waals surface area contributed by atoms with Crippen LogP contribution in [0.15, 0.2) is 24.3 Å². The second-order valence-electron chi connectivity index (χ2n) is 5.53. The van der Waals surface area contributed by atoms with Crippen LogP contribution in [-0.2, 0) is 20.1 Å². The summed E-state index contributed by atoms with van der Waals surface area (Å²) in [5.41, 5.74) is 1.12. The van der Waals surface area contributed by atoms with Gasteiger partial charge in [-0.15, -0.1) is 11.8 Å². The maximum absolute atomic E-state index is 12.2. The molecule has 1 aromatic rings. The van der Waals surface area contributed by atoms with Crippen LogP contribution in [0.5, 0.6) is 0 Å². The zero-order valence-corrected chi connectivity index (χ0v) is 14.9. The minimum absolute atomic E-state index is 0.0573. The third-order valence-electron chi connectivity index (χ3n) is 3.85. The largest absolute Gasteiger partial charge is 0.466 e. The third kappa shape index (κ3) is 5.74. The molecule has 0 aliphatic carbocycles. The molecule has 0 radical (unpaired) electrons. The van der Waals surface area contributed by atoms with Crippen molar-refractivity contribution in [1.29, 1.82) is 0 Å². The average molecular weight is 356 g/mol. The number of hydrogen-bond donors (Lipinski definition) is 0. The summed E-state index contributed by atoms with van der Waals surface area (Å²) in [6, 6.07) is 7.69. The molecule has 0 spiro atoms. The molecule has 0 N–H and O–H groups in total. The summed E-state index contributed by atoms with van der Waals surface area (Å²) >= 11 is 7.54. The Bertz CT molecular complexity index is 544. The highest BCUT2D eigenvalue weighted by Crippen LogP contribution is 2.21. The third-order valence-corrected chi connectivity index (χ3v) is 5.07. The molecule has 1 amide bonds. The molecule has 1 aliphatic heterocycles. The lowest BCUT2D eigenvalue weighted by Crippen LogP contribution is -2.41. The Labute approximate surface area is 146 Å². The molecule has 23 heavy (non-hydrogen) atoms. The van der Waals surface area contributed by atoms with Crippen molar-refractivity contribution in [3.05, 3.63) is 34.9 Å². The summed E-state index contributed by atoms with van der Waals surface area (Å²) in [6.07, 6.45) is 1.40. The highest BCUT2D eigenvalue weighted by Gasteiger charge is 2.27. The van der Waals surface area contributed by atoms with E-state index in [2.05, 4.69) is 0 Å². The molecule has 126 valence electrons. The van der Waals surface area contributed by atoms with Gasteiger partial charge in [0.25, 0.3) is 0 Å². The fourth-order valence-corrected chi connectivity index (χ4v) is 3.69. The smallest absolute Gasteiger partial charge is 0.309 e. The molecule has 1 fully saturated rings. The van der Waals surface area contributed by atoms with E-state index in [1.165, 1.54) is 0 Å². The Kier molecular flexibility index (Phi) is 7.24. The Morgan fingerprint density at radius 3 is 2.74 bits per heavy atom. The van der Waals surface area contributed by atoms with E-state index in [9.17, 15) is 9.59 Å². The van der Waals surface area contributed by atoms with Gasteiger partial charge in [-0.1, -0.05) is 23.7 Å². The van der Waals surface area contributed by atoms with Gasteiger partial charge < -0.3 is 9.64 Å². The van der Waals surface area contributed by atoms with Crippen LogP contribution in [-0.4, -0.2) is 42.2 Å². The Balaban J connectivity index is 1.70. The van der Waals surface area contributed by atoms with E-state index in [1.807, 2.05) is 36.1 Å². The molecule has 6 heteroatoms. The molecular formula is C17H22ClNO3S. The second kappa shape index (κ2) is 9.18. The van der Waals surface area contributed by atoms with Crippen LogP contribution in [0.4, 0.5) is 0 Å². The van der Waals surface area contributed by atoms with Gasteiger partial charge in [-0.3, -0.25) is 9.59 Å². The normalized spacial score (nSPS) is 15.5. The number of halogens is 1. The van der Waals surface area contributed by atoms with Gasteiger partial charge in [0.1, 0.15) is 0 Å². The van der Waals surface area contributed by atoms with E-state index in [0.717, 1.165) is 16.3 Å². The number of piperidine rings is 1. The van der Waals surface area contributed by atoms with Gasteiger partial charge in [-0.2, -0.15) is 0 Å². The maximum Gasteiger partial charge on any atom is 0.309 e. The second-order valence-corrected chi connectivity index (χ2v) is 6.95. The zero-order chi connectivity index (χ0) is 16.7. The minimum atomic E-state index is -0.130. The zero-order valence-electron chi connectivity index (χ0n) is 13.3. The van der Waals surface area contributed by atoms with Gasteiger partial charge >= 0.3 is 5.97 Å². The first-order valence-corrected chi connectivity index (χ1v) is 9.40. The van der Waals surface area contributed by atoms with Crippen molar-refractivity contribution in [2.45, 2.75) is 25.5 Å². The summed E-state index contributed by atoms with van der Waals surface area (Å²) in [5.74, 6) is 1.18. The molecule has 0 atom stereocenters. The van der Waals surface area contributed by atoms with E-state index in [4.69, 9.17) is 16.3 Å². The number of benzene rings is 1. The van der Waals surface area contributed by atoms with Gasteiger partial charge in [0.15, 0.2) is 0 Å². The van der Waals surface area contributed by atoms with E-state index < -0.39 is 0 Å². The molecule has 0 aromatic heterocycles. The minimum Gasteiger partial charge on any atom is -0.466 e. The van der Waals surface area contributed by atoms with E-state index >= 15 is 0 Å². The summed E-state index contributed by atoms with van der Waals surface area (Å²) < 4.78 is 5.04. The predicted octanol–water partition coefficient (Wildman–Crippen LogP) is 3.37. The molecule has 2 rings (SSSR count). The maximum atomic E-state index is 12.2. The molecule has 0 saturated carbocycles. The van der Waals surface area contributed by atoms with Gasteiger partial charge in [0.2, 0.25) is 5.91 Å². The summed E-state index contributed by atoms with van der Waals surface area (Å²) in [6.45, 7) is 3.51. The van der Waals surface area contributed by atoms with E-state index in [1.54, 1.807) is 11.8 Å².